The maximum absolute atomic E-state index is 12.0. The molecule has 10 nitrogen and oxygen atoms in total. The molecule has 0 heterocycles. The first-order chi connectivity index (χ1) is 13.4. The second kappa shape index (κ2) is 9.21. The predicted octanol–water partition coefficient (Wildman–Crippen LogP) is 2.02. The van der Waals surface area contributed by atoms with Gasteiger partial charge in [0.1, 0.15) is 0 Å². The van der Waals surface area contributed by atoms with Crippen LogP contribution in [-0.2, 0) is 11.2 Å². The molecule has 0 atom stereocenters. The fourth-order valence-corrected chi connectivity index (χ4v) is 2.38. The molecule has 0 aliphatic carbocycles. The van der Waals surface area contributed by atoms with Crippen molar-refractivity contribution in [3.05, 3.63) is 51.6 Å². The van der Waals surface area contributed by atoms with Gasteiger partial charge in [-0.1, -0.05) is 6.07 Å². The highest BCUT2D eigenvalue weighted by atomic mass is 16.6. The molecule has 0 spiro atoms. The van der Waals surface area contributed by atoms with Gasteiger partial charge in [-0.2, -0.15) is 5.10 Å². The molecule has 0 radical (unpaired) electrons. The Morgan fingerprint density at radius 3 is 2.43 bits per heavy atom. The number of phenolic OH excluding ortho intramolecular Hbond substituents is 1. The van der Waals surface area contributed by atoms with Gasteiger partial charge in [0.05, 0.1) is 38.9 Å². The topological polar surface area (TPSA) is 133 Å². The third-order valence-electron chi connectivity index (χ3n) is 3.71. The average molecular weight is 389 g/mol. The monoisotopic (exact) mass is 389 g/mol. The van der Waals surface area contributed by atoms with Crippen molar-refractivity contribution in [3.8, 4) is 23.0 Å². The molecule has 10 heteroatoms. The summed E-state index contributed by atoms with van der Waals surface area (Å²) < 4.78 is 15.2. The number of hydrogen-bond donors (Lipinski definition) is 2. The van der Waals surface area contributed by atoms with Crippen LogP contribution in [0.25, 0.3) is 0 Å². The summed E-state index contributed by atoms with van der Waals surface area (Å²) in [6.45, 7) is 0. The third kappa shape index (κ3) is 4.87. The second-order valence-electron chi connectivity index (χ2n) is 5.51. The number of hydrazone groups is 1. The number of nitro groups is 1. The number of aromatic hydroxyl groups is 1. The summed E-state index contributed by atoms with van der Waals surface area (Å²) >= 11 is 0. The molecule has 0 saturated carbocycles. The number of methoxy groups -OCH3 is 3. The van der Waals surface area contributed by atoms with E-state index >= 15 is 0 Å². The Bertz CT molecular complexity index is 912. The molecule has 2 rings (SSSR count). The molecule has 2 aromatic rings. The quantitative estimate of drug-likeness (QED) is 0.401. The van der Waals surface area contributed by atoms with Crippen molar-refractivity contribution in [1.82, 2.24) is 5.43 Å². The summed E-state index contributed by atoms with van der Waals surface area (Å²) in [5.74, 6) is -0.00879. The normalized spacial score (nSPS) is 10.5. The van der Waals surface area contributed by atoms with Gasteiger partial charge in [0.25, 0.3) is 0 Å². The summed E-state index contributed by atoms with van der Waals surface area (Å²) in [5.41, 5.74) is 2.76. The lowest BCUT2D eigenvalue weighted by atomic mass is 10.1. The summed E-state index contributed by atoms with van der Waals surface area (Å²) in [6.07, 6.45) is 1.25. The van der Waals surface area contributed by atoms with E-state index in [1.165, 1.54) is 33.6 Å². The number of nitro benzene ring substituents is 1. The van der Waals surface area contributed by atoms with E-state index in [1.54, 1.807) is 18.2 Å². The number of rotatable bonds is 8. The lowest BCUT2D eigenvalue weighted by Crippen LogP contribution is -2.19. The highest BCUT2D eigenvalue weighted by molar-refractivity contribution is 5.85. The molecule has 1 amide bonds. The minimum Gasteiger partial charge on any atom is -0.500 e. The van der Waals surface area contributed by atoms with Crippen LogP contribution in [0.15, 0.2) is 35.4 Å². The van der Waals surface area contributed by atoms with Crippen LogP contribution in [0, 0.1) is 10.1 Å². The molecule has 0 bridgehead atoms. The van der Waals surface area contributed by atoms with Gasteiger partial charge in [-0.15, -0.1) is 0 Å². The van der Waals surface area contributed by atoms with Crippen LogP contribution >= 0.6 is 0 Å². The van der Waals surface area contributed by atoms with Crippen molar-refractivity contribution >= 4 is 17.8 Å². The Labute approximate surface area is 160 Å². The average Bonchev–Trinajstić information content (AvgIpc) is 2.68. The maximum atomic E-state index is 12.0. The number of carbonyl (C=O) groups is 1. The van der Waals surface area contributed by atoms with Gasteiger partial charge in [0, 0.05) is 11.6 Å². The first-order valence-electron chi connectivity index (χ1n) is 7.97. The van der Waals surface area contributed by atoms with Crippen LogP contribution in [-0.4, -0.2) is 43.5 Å². The van der Waals surface area contributed by atoms with Crippen LogP contribution in [0.4, 0.5) is 5.69 Å². The molecule has 2 aromatic carbocycles. The number of nitrogens with zero attached hydrogens (tertiary/aromatic N) is 2. The number of carbonyl (C=O) groups excluding carboxylic acids is 1. The van der Waals surface area contributed by atoms with Crippen LogP contribution in [0.3, 0.4) is 0 Å². The summed E-state index contributed by atoms with van der Waals surface area (Å²) in [7, 11) is 4.28. The number of ether oxygens (including phenoxy) is 3. The predicted molar refractivity (Wildman–Crippen MR) is 100 cm³/mol. The van der Waals surface area contributed by atoms with Crippen molar-refractivity contribution in [1.29, 1.82) is 0 Å². The van der Waals surface area contributed by atoms with E-state index in [1.807, 2.05) is 0 Å². The zero-order chi connectivity index (χ0) is 20.7. The molecular formula is C18H19N3O7. The summed E-state index contributed by atoms with van der Waals surface area (Å²) in [5, 5.41) is 24.5. The largest absolute Gasteiger partial charge is 0.500 e. The maximum Gasteiger partial charge on any atom is 0.315 e. The van der Waals surface area contributed by atoms with Crippen molar-refractivity contribution in [3.63, 3.8) is 0 Å². The van der Waals surface area contributed by atoms with Gasteiger partial charge in [-0.3, -0.25) is 14.9 Å². The number of amides is 1. The van der Waals surface area contributed by atoms with E-state index in [2.05, 4.69) is 10.5 Å². The first kappa shape index (κ1) is 20.5. The van der Waals surface area contributed by atoms with E-state index < -0.39 is 22.3 Å². The molecule has 0 saturated heterocycles. The lowest BCUT2D eigenvalue weighted by Gasteiger charge is -2.09. The number of benzene rings is 2. The van der Waals surface area contributed by atoms with E-state index in [4.69, 9.17) is 14.2 Å². The van der Waals surface area contributed by atoms with Gasteiger partial charge in [0.2, 0.25) is 11.7 Å². The van der Waals surface area contributed by atoms with E-state index in [0.717, 1.165) is 6.07 Å². The zero-order valence-corrected chi connectivity index (χ0v) is 15.5. The van der Waals surface area contributed by atoms with Crippen LogP contribution in [0.5, 0.6) is 23.0 Å². The Morgan fingerprint density at radius 2 is 1.82 bits per heavy atom. The SMILES string of the molecule is COc1ccc(CC(=O)N/N=C/c2cc(OC)c(O)c([N+](=O)[O-])c2)cc1OC. The molecule has 0 fully saturated rings. The van der Waals surface area contributed by atoms with Gasteiger partial charge >= 0.3 is 5.69 Å². The Morgan fingerprint density at radius 1 is 1.14 bits per heavy atom. The lowest BCUT2D eigenvalue weighted by molar-refractivity contribution is -0.386. The van der Waals surface area contributed by atoms with Crippen LogP contribution in [0.2, 0.25) is 0 Å². The fraction of sp³-hybridized carbons (Fsp3) is 0.222. The highest BCUT2D eigenvalue weighted by Gasteiger charge is 2.19. The number of nitrogens with one attached hydrogen (secondary N) is 1. The summed E-state index contributed by atoms with van der Waals surface area (Å²) in [6, 6.07) is 7.55. The molecule has 0 aliphatic heterocycles. The summed E-state index contributed by atoms with van der Waals surface area (Å²) in [4.78, 5) is 22.3. The van der Waals surface area contributed by atoms with Crippen molar-refractivity contribution in [2.45, 2.75) is 6.42 Å². The Kier molecular flexibility index (Phi) is 6.74. The van der Waals surface area contributed by atoms with Gasteiger partial charge in [-0.25, -0.2) is 5.43 Å². The minimum absolute atomic E-state index is 0.0384. The van der Waals surface area contributed by atoms with Gasteiger partial charge < -0.3 is 19.3 Å². The van der Waals surface area contributed by atoms with Crippen LogP contribution in [0.1, 0.15) is 11.1 Å². The molecule has 0 unspecified atom stereocenters. The third-order valence-corrected chi connectivity index (χ3v) is 3.71. The van der Waals surface area contributed by atoms with E-state index in [0.29, 0.717) is 17.1 Å². The number of phenols is 1. The Balaban J connectivity index is 2.07. The van der Waals surface area contributed by atoms with E-state index in [-0.39, 0.29) is 17.7 Å². The van der Waals surface area contributed by atoms with Crippen molar-refractivity contribution in [2.75, 3.05) is 21.3 Å². The molecule has 148 valence electrons. The number of hydrogen-bond acceptors (Lipinski definition) is 8. The molecule has 28 heavy (non-hydrogen) atoms. The fourth-order valence-electron chi connectivity index (χ4n) is 2.38. The molecular weight excluding hydrogens is 370 g/mol. The minimum atomic E-state index is -0.745. The molecule has 0 aromatic heterocycles. The molecule has 0 aliphatic rings. The van der Waals surface area contributed by atoms with Gasteiger partial charge in [0.15, 0.2) is 17.2 Å². The standard InChI is InChI=1S/C18H19N3O7/c1-26-14-5-4-11(7-15(14)27-2)9-17(22)20-19-10-12-6-13(21(24)25)18(23)16(8-12)28-3/h4-8,10,23H,9H2,1-3H3,(H,20,22)/b19-10+. The Hall–Kier alpha value is -3.82. The second-order valence-corrected chi connectivity index (χ2v) is 5.51. The van der Waals surface area contributed by atoms with Crippen molar-refractivity contribution in [2.24, 2.45) is 5.10 Å². The van der Waals surface area contributed by atoms with Crippen LogP contribution < -0.4 is 19.6 Å². The zero-order valence-electron chi connectivity index (χ0n) is 15.5. The molecule has 2 N–H and O–H groups in total. The van der Waals surface area contributed by atoms with Gasteiger partial charge in [-0.05, 0) is 23.8 Å². The first-order valence-corrected chi connectivity index (χ1v) is 7.97. The van der Waals surface area contributed by atoms with E-state index in [9.17, 15) is 20.0 Å². The highest BCUT2D eigenvalue weighted by Crippen LogP contribution is 2.36. The van der Waals surface area contributed by atoms with Crippen molar-refractivity contribution < 1.29 is 29.0 Å². The smallest absolute Gasteiger partial charge is 0.315 e.